The minimum absolute atomic E-state index is 0.527. The summed E-state index contributed by atoms with van der Waals surface area (Å²) in [6.45, 7) is 5.56. The highest BCUT2D eigenvalue weighted by Crippen LogP contribution is 2.38. The second-order valence-electron chi connectivity index (χ2n) is 8.82. The quantitative estimate of drug-likeness (QED) is 0.780. The van der Waals surface area contributed by atoms with Gasteiger partial charge in [-0.3, -0.25) is 0 Å². The minimum atomic E-state index is 0.527. The van der Waals surface area contributed by atoms with E-state index in [4.69, 9.17) is 16.2 Å². The number of hydrogen-bond acceptors (Lipinski definition) is 4. The molecule has 0 aromatic heterocycles. The van der Waals surface area contributed by atoms with Gasteiger partial charge in [-0.05, 0) is 100 Å². The number of nitrogens with zero attached hydrogens (tertiary/aromatic N) is 1. The monoisotopic (exact) mass is 357 g/mol. The summed E-state index contributed by atoms with van der Waals surface area (Å²) in [7, 11) is 0. The Hall–Kier alpha value is -1.26. The molecule has 1 heterocycles. The van der Waals surface area contributed by atoms with Gasteiger partial charge in [0.2, 0.25) is 0 Å². The molecule has 2 aliphatic carbocycles. The molecule has 2 saturated carbocycles. The first-order valence-electron chi connectivity index (χ1n) is 10.6. The molecule has 0 atom stereocenters. The highest BCUT2D eigenvalue weighted by atomic mass is 16.5. The van der Waals surface area contributed by atoms with Gasteiger partial charge in [0.1, 0.15) is 0 Å². The maximum atomic E-state index is 6.31. The Bertz CT molecular complexity index is 612. The molecule has 0 radical (unpaired) electrons. The molecule has 4 nitrogen and oxygen atoms in total. The molecule has 26 heavy (non-hydrogen) atoms. The minimum Gasteiger partial charge on any atom is -0.397 e. The Morgan fingerprint density at radius 3 is 2.31 bits per heavy atom. The summed E-state index contributed by atoms with van der Waals surface area (Å²) < 4.78 is 6.11. The number of nitrogens with two attached hydrogens (primary N) is 2. The van der Waals surface area contributed by atoms with Crippen LogP contribution in [0.3, 0.4) is 0 Å². The van der Waals surface area contributed by atoms with E-state index in [1.54, 1.807) is 0 Å². The molecule has 4 heteroatoms. The summed E-state index contributed by atoms with van der Waals surface area (Å²) >= 11 is 0. The summed E-state index contributed by atoms with van der Waals surface area (Å²) in [6.07, 6.45) is 10.8. The van der Waals surface area contributed by atoms with Gasteiger partial charge in [-0.15, -0.1) is 0 Å². The average Bonchev–Trinajstić information content (AvgIpc) is 3.49. The zero-order valence-corrected chi connectivity index (χ0v) is 16.3. The fraction of sp³-hybridized carbons (Fsp3) is 0.727. The maximum Gasteiger partial charge on any atom is 0.0585 e. The lowest BCUT2D eigenvalue weighted by Crippen LogP contribution is -2.43. The molecule has 4 N–H and O–H groups in total. The lowest BCUT2D eigenvalue weighted by molar-refractivity contribution is -0.00101. The third-order valence-corrected chi connectivity index (χ3v) is 6.90. The van der Waals surface area contributed by atoms with Crippen LogP contribution in [-0.2, 0) is 4.74 Å². The Kier molecular flexibility index (Phi) is 5.42. The van der Waals surface area contributed by atoms with Crippen molar-refractivity contribution in [2.24, 2.45) is 5.92 Å². The molecule has 4 rings (SSSR count). The SMILES string of the molecule is Cc1ccc(N)c(N)c1C1CCN(C2CCC(OCC3CC3)CC2)CC1. The van der Waals surface area contributed by atoms with Gasteiger partial charge in [-0.25, -0.2) is 0 Å². The first-order valence-corrected chi connectivity index (χ1v) is 10.6. The van der Waals surface area contributed by atoms with Gasteiger partial charge < -0.3 is 21.1 Å². The van der Waals surface area contributed by atoms with Crippen molar-refractivity contribution in [2.45, 2.75) is 76.4 Å². The van der Waals surface area contributed by atoms with Gasteiger partial charge in [0.15, 0.2) is 0 Å². The molecular formula is C22H35N3O. The van der Waals surface area contributed by atoms with E-state index in [-0.39, 0.29) is 0 Å². The molecule has 1 aromatic rings. The molecule has 0 bridgehead atoms. The molecule has 3 aliphatic rings. The predicted octanol–water partition coefficient (Wildman–Crippen LogP) is 4.08. The molecule has 0 amide bonds. The smallest absolute Gasteiger partial charge is 0.0585 e. The van der Waals surface area contributed by atoms with E-state index in [9.17, 15) is 0 Å². The Morgan fingerprint density at radius 2 is 1.65 bits per heavy atom. The fourth-order valence-corrected chi connectivity index (χ4v) is 4.99. The van der Waals surface area contributed by atoms with Gasteiger partial charge in [-0.2, -0.15) is 0 Å². The fourth-order valence-electron chi connectivity index (χ4n) is 4.99. The van der Waals surface area contributed by atoms with Crippen LogP contribution in [-0.4, -0.2) is 36.7 Å². The van der Waals surface area contributed by atoms with Crippen LogP contribution >= 0.6 is 0 Å². The van der Waals surface area contributed by atoms with E-state index in [0.717, 1.165) is 29.9 Å². The van der Waals surface area contributed by atoms with Crippen LogP contribution in [0, 0.1) is 12.8 Å². The summed E-state index contributed by atoms with van der Waals surface area (Å²) in [5.74, 6) is 1.45. The second-order valence-corrected chi connectivity index (χ2v) is 8.82. The highest BCUT2D eigenvalue weighted by Gasteiger charge is 2.31. The third-order valence-electron chi connectivity index (χ3n) is 6.90. The van der Waals surface area contributed by atoms with E-state index < -0.39 is 0 Å². The molecule has 0 unspecified atom stereocenters. The molecule has 1 aliphatic heterocycles. The molecule has 144 valence electrons. The van der Waals surface area contributed by atoms with E-state index in [2.05, 4.69) is 17.9 Å². The number of hydrogen-bond donors (Lipinski definition) is 2. The number of piperidine rings is 1. The zero-order valence-electron chi connectivity index (χ0n) is 16.3. The average molecular weight is 358 g/mol. The number of anilines is 2. The zero-order chi connectivity index (χ0) is 18.1. The Labute approximate surface area is 158 Å². The standard InChI is InChI=1S/C22H35N3O/c1-15-2-9-20(23)22(24)21(15)17-10-12-25(13-11-17)18-5-7-19(8-6-18)26-14-16-3-4-16/h2,9,16-19H,3-8,10-14,23-24H2,1H3. The summed E-state index contributed by atoms with van der Waals surface area (Å²) in [5.41, 5.74) is 16.5. The lowest BCUT2D eigenvalue weighted by atomic mass is 9.83. The number of nitrogen functional groups attached to an aromatic ring is 2. The van der Waals surface area contributed by atoms with Crippen molar-refractivity contribution in [1.29, 1.82) is 0 Å². The number of rotatable bonds is 5. The molecule has 1 aromatic carbocycles. The number of ether oxygens (including phenoxy) is 1. The van der Waals surface area contributed by atoms with Crippen LogP contribution in [0.1, 0.15) is 68.4 Å². The van der Waals surface area contributed by atoms with Crippen LogP contribution in [0.5, 0.6) is 0 Å². The molecule has 0 spiro atoms. The van der Waals surface area contributed by atoms with Crippen molar-refractivity contribution >= 4 is 11.4 Å². The predicted molar refractivity (Wildman–Crippen MR) is 108 cm³/mol. The van der Waals surface area contributed by atoms with Crippen LogP contribution in [0.15, 0.2) is 12.1 Å². The molecular weight excluding hydrogens is 322 g/mol. The van der Waals surface area contributed by atoms with E-state index in [1.807, 2.05) is 6.07 Å². The van der Waals surface area contributed by atoms with Gasteiger partial charge in [0, 0.05) is 12.6 Å². The van der Waals surface area contributed by atoms with E-state index >= 15 is 0 Å². The van der Waals surface area contributed by atoms with Crippen molar-refractivity contribution in [1.82, 2.24) is 4.90 Å². The maximum absolute atomic E-state index is 6.31. The van der Waals surface area contributed by atoms with Crippen molar-refractivity contribution < 1.29 is 4.74 Å². The largest absolute Gasteiger partial charge is 0.397 e. The third kappa shape index (κ3) is 4.01. The van der Waals surface area contributed by atoms with Gasteiger partial charge in [0.25, 0.3) is 0 Å². The lowest BCUT2D eigenvalue weighted by Gasteiger charge is -2.41. The van der Waals surface area contributed by atoms with E-state index in [0.29, 0.717) is 12.0 Å². The van der Waals surface area contributed by atoms with Gasteiger partial charge >= 0.3 is 0 Å². The van der Waals surface area contributed by atoms with Crippen LogP contribution in [0.4, 0.5) is 11.4 Å². The topological polar surface area (TPSA) is 64.5 Å². The van der Waals surface area contributed by atoms with Crippen LogP contribution in [0.25, 0.3) is 0 Å². The van der Waals surface area contributed by atoms with Crippen molar-refractivity contribution in [3.05, 3.63) is 23.3 Å². The number of likely N-dealkylation sites (tertiary alicyclic amines) is 1. The normalized spacial score (nSPS) is 28.3. The Morgan fingerprint density at radius 1 is 0.962 bits per heavy atom. The van der Waals surface area contributed by atoms with Gasteiger partial charge in [-0.1, -0.05) is 6.07 Å². The summed E-state index contributed by atoms with van der Waals surface area (Å²) in [5, 5.41) is 0. The molecule has 3 fully saturated rings. The summed E-state index contributed by atoms with van der Waals surface area (Å²) in [6, 6.07) is 4.82. The summed E-state index contributed by atoms with van der Waals surface area (Å²) in [4.78, 5) is 2.73. The number of benzene rings is 1. The van der Waals surface area contributed by atoms with Crippen molar-refractivity contribution in [3.63, 3.8) is 0 Å². The molecule has 1 saturated heterocycles. The van der Waals surface area contributed by atoms with Crippen molar-refractivity contribution in [2.75, 3.05) is 31.2 Å². The van der Waals surface area contributed by atoms with Crippen molar-refractivity contribution in [3.8, 4) is 0 Å². The first-order chi connectivity index (χ1) is 12.6. The number of aryl methyl sites for hydroxylation is 1. The highest BCUT2D eigenvalue weighted by molar-refractivity contribution is 5.70. The van der Waals surface area contributed by atoms with Gasteiger partial charge in [0.05, 0.1) is 17.5 Å². The first kappa shape index (κ1) is 18.1. The van der Waals surface area contributed by atoms with Crippen LogP contribution < -0.4 is 11.5 Å². The van der Waals surface area contributed by atoms with E-state index in [1.165, 1.54) is 75.6 Å². The van der Waals surface area contributed by atoms with Crippen LogP contribution in [0.2, 0.25) is 0 Å². The Balaban J connectivity index is 1.27. The second kappa shape index (κ2) is 7.77.